The van der Waals surface area contributed by atoms with Gasteiger partial charge >= 0.3 is 5.97 Å². The smallest absolute Gasteiger partial charge is 0.306 e. The second-order valence-corrected chi connectivity index (χ2v) is 5.96. The van der Waals surface area contributed by atoms with E-state index in [1.165, 1.54) is 23.5 Å². The fraction of sp³-hybridized carbons (Fsp3) is 0.333. The molecule has 0 spiro atoms. The minimum Gasteiger partial charge on any atom is -0.481 e. The fourth-order valence-electron chi connectivity index (χ4n) is 2.48. The number of carbonyl (C=O) groups is 1. The number of benzene rings is 1. The molecule has 2 aromatic rings. The van der Waals surface area contributed by atoms with E-state index in [1.54, 1.807) is 12.1 Å². The van der Waals surface area contributed by atoms with E-state index in [9.17, 15) is 9.18 Å². The predicted octanol–water partition coefficient (Wildman–Crippen LogP) is 3.25. The van der Waals surface area contributed by atoms with Gasteiger partial charge < -0.3 is 10.0 Å². The number of anilines is 1. The van der Waals surface area contributed by atoms with Crippen LogP contribution in [0.5, 0.6) is 0 Å². The van der Waals surface area contributed by atoms with Crippen molar-refractivity contribution in [1.82, 2.24) is 4.98 Å². The van der Waals surface area contributed by atoms with E-state index in [0.29, 0.717) is 25.9 Å². The van der Waals surface area contributed by atoms with Gasteiger partial charge in [-0.05, 0) is 37.1 Å². The zero-order valence-electron chi connectivity index (χ0n) is 11.3. The lowest BCUT2D eigenvalue weighted by Crippen LogP contribution is -2.36. The molecule has 0 bridgehead atoms. The average molecular weight is 306 g/mol. The Hall–Kier alpha value is -1.95. The first-order valence-corrected chi connectivity index (χ1v) is 7.70. The molecular formula is C15H15FN2O2S. The molecule has 0 amide bonds. The van der Waals surface area contributed by atoms with Crippen molar-refractivity contribution in [3.8, 4) is 11.3 Å². The van der Waals surface area contributed by atoms with E-state index in [0.717, 1.165) is 16.4 Å². The van der Waals surface area contributed by atoms with Crippen LogP contribution in [-0.4, -0.2) is 29.1 Å². The monoisotopic (exact) mass is 306 g/mol. The molecule has 1 aliphatic rings. The highest BCUT2D eigenvalue weighted by atomic mass is 32.1. The summed E-state index contributed by atoms with van der Waals surface area (Å²) in [5.74, 6) is -1.21. The molecule has 21 heavy (non-hydrogen) atoms. The fourth-order valence-corrected chi connectivity index (χ4v) is 3.37. The first-order valence-electron chi connectivity index (χ1n) is 6.83. The molecule has 4 nitrogen and oxygen atoms in total. The van der Waals surface area contributed by atoms with Crippen molar-refractivity contribution in [2.24, 2.45) is 5.92 Å². The van der Waals surface area contributed by atoms with Crippen LogP contribution >= 0.6 is 11.3 Å². The highest BCUT2D eigenvalue weighted by Crippen LogP contribution is 2.30. The van der Waals surface area contributed by atoms with Crippen molar-refractivity contribution in [3.63, 3.8) is 0 Å². The van der Waals surface area contributed by atoms with E-state index in [1.807, 2.05) is 5.38 Å². The number of nitrogens with zero attached hydrogens (tertiary/aromatic N) is 2. The number of hydrogen-bond acceptors (Lipinski definition) is 4. The van der Waals surface area contributed by atoms with Crippen LogP contribution in [0, 0.1) is 11.7 Å². The van der Waals surface area contributed by atoms with Crippen LogP contribution in [0.4, 0.5) is 9.52 Å². The number of thiazole rings is 1. The molecule has 0 atom stereocenters. The Morgan fingerprint density at radius 2 is 1.95 bits per heavy atom. The van der Waals surface area contributed by atoms with Gasteiger partial charge in [0.15, 0.2) is 5.13 Å². The molecule has 1 aliphatic heterocycles. The van der Waals surface area contributed by atoms with Crippen LogP contribution in [0.25, 0.3) is 11.3 Å². The third kappa shape index (κ3) is 3.05. The van der Waals surface area contributed by atoms with Crippen molar-refractivity contribution in [2.45, 2.75) is 12.8 Å². The van der Waals surface area contributed by atoms with E-state index >= 15 is 0 Å². The average Bonchev–Trinajstić information content (AvgIpc) is 2.98. The van der Waals surface area contributed by atoms with Crippen LogP contribution in [0.2, 0.25) is 0 Å². The standard InChI is InChI=1S/C15H15FN2O2S/c16-12-3-1-10(2-4-12)13-9-21-15(17-13)18-7-5-11(6-8-18)14(19)20/h1-4,9,11H,5-8H2,(H,19,20). The molecule has 0 radical (unpaired) electrons. The Kier molecular flexibility index (Phi) is 3.88. The zero-order valence-corrected chi connectivity index (χ0v) is 12.1. The summed E-state index contributed by atoms with van der Waals surface area (Å²) in [5.41, 5.74) is 1.72. The Bertz CT molecular complexity index is 633. The van der Waals surface area contributed by atoms with Gasteiger partial charge in [-0.2, -0.15) is 0 Å². The van der Waals surface area contributed by atoms with Crippen molar-refractivity contribution in [3.05, 3.63) is 35.5 Å². The molecule has 110 valence electrons. The van der Waals surface area contributed by atoms with Gasteiger partial charge in [-0.15, -0.1) is 11.3 Å². The summed E-state index contributed by atoms with van der Waals surface area (Å²) in [4.78, 5) is 17.7. The molecule has 1 fully saturated rings. The van der Waals surface area contributed by atoms with Gasteiger partial charge in [0.25, 0.3) is 0 Å². The van der Waals surface area contributed by atoms with Crippen LogP contribution < -0.4 is 4.90 Å². The first-order chi connectivity index (χ1) is 10.1. The number of piperidine rings is 1. The molecule has 6 heteroatoms. The third-order valence-electron chi connectivity index (χ3n) is 3.75. The lowest BCUT2D eigenvalue weighted by atomic mass is 9.98. The maximum Gasteiger partial charge on any atom is 0.306 e. The lowest BCUT2D eigenvalue weighted by Gasteiger charge is -2.29. The molecule has 2 heterocycles. The molecule has 1 aromatic carbocycles. The quantitative estimate of drug-likeness (QED) is 0.946. The largest absolute Gasteiger partial charge is 0.481 e. The lowest BCUT2D eigenvalue weighted by molar-refractivity contribution is -0.142. The number of halogens is 1. The maximum absolute atomic E-state index is 12.9. The predicted molar refractivity (Wildman–Crippen MR) is 80.1 cm³/mol. The zero-order chi connectivity index (χ0) is 14.8. The van der Waals surface area contributed by atoms with Gasteiger partial charge in [0.2, 0.25) is 0 Å². The summed E-state index contributed by atoms with van der Waals surface area (Å²) in [6, 6.07) is 6.27. The number of aliphatic carboxylic acids is 1. The Labute approximate surface area is 125 Å². The molecule has 1 N–H and O–H groups in total. The normalized spacial score (nSPS) is 16.1. The maximum atomic E-state index is 12.9. The van der Waals surface area contributed by atoms with Gasteiger partial charge in [0.1, 0.15) is 5.82 Å². The Balaban J connectivity index is 1.71. The SMILES string of the molecule is O=C(O)C1CCN(c2nc(-c3ccc(F)cc3)cs2)CC1. The number of hydrogen-bond donors (Lipinski definition) is 1. The van der Waals surface area contributed by atoms with Crippen LogP contribution in [0.1, 0.15) is 12.8 Å². The number of carboxylic acids is 1. The van der Waals surface area contributed by atoms with E-state index in [-0.39, 0.29) is 11.7 Å². The molecule has 1 aromatic heterocycles. The molecule has 0 unspecified atom stereocenters. The minimum atomic E-state index is -0.708. The molecule has 0 aliphatic carbocycles. The Morgan fingerprint density at radius 3 is 2.57 bits per heavy atom. The highest BCUT2D eigenvalue weighted by Gasteiger charge is 2.25. The number of carboxylic acid groups (broad SMARTS) is 1. The highest BCUT2D eigenvalue weighted by molar-refractivity contribution is 7.14. The van der Waals surface area contributed by atoms with Crippen molar-refractivity contribution < 1.29 is 14.3 Å². The van der Waals surface area contributed by atoms with Crippen molar-refractivity contribution in [1.29, 1.82) is 0 Å². The van der Waals surface area contributed by atoms with E-state index in [4.69, 9.17) is 5.11 Å². The minimum absolute atomic E-state index is 0.238. The second kappa shape index (κ2) is 5.81. The third-order valence-corrected chi connectivity index (χ3v) is 4.65. The summed E-state index contributed by atoms with van der Waals surface area (Å²) in [7, 11) is 0. The van der Waals surface area contributed by atoms with Gasteiger partial charge in [-0.25, -0.2) is 9.37 Å². The van der Waals surface area contributed by atoms with Crippen LogP contribution in [0.3, 0.4) is 0 Å². The second-order valence-electron chi connectivity index (χ2n) is 5.12. The topological polar surface area (TPSA) is 53.4 Å². The number of aromatic nitrogens is 1. The van der Waals surface area contributed by atoms with Crippen LogP contribution in [0.15, 0.2) is 29.6 Å². The summed E-state index contributed by atoms with van der Waals surface area (Å²) in [5, 5.41) is 11.9. The van der Waals surface area contributed by atoms with Gasteiger partial charge in [-0.3, -0.25) is 4.79 Å². The summed E-state index contributed by atoms with van der Waals surface area (Å²) >= 11 is 1.54. The molecule has 3 rings (SSSR count). The first kappa shape index (κ1) is 14.0. The van der Waals surface area contributed by atoms with Crippen LogP contribution in [-0.2, 0) is 4.79 Å². The number of rotatable bonds is 3. The van der Waals surface area contributed by atoms with Gasteiger partial charge in [0.05, 0.1) is 11.6 Å². The Morgan fingerprint density at radius 1 is 1.29 bits per heavy atom. The van der Waals surface area contributed by atoms with Crippen molar-refractivity contribution in [2.75, 3.05) is 18.0 Å². The van der Waals surface area contributed by atoms with Crippen molar-refractivity contribution >= 4 is 22.4 Å². The summed E-state index contributed by atoms with van der Waals surface area (Å²) in [6.07, 6.45) is 1.31. The molecule has 1 saturated heterocycles. The van der Waals surface area contributed by atoms with Gasteiger partial charge in [0, 0.05) is 24.0 Å². The molecular weight excluding hydrogens is 291 g/mol. The summed E-state index contributed by atoms with van der Waals surface area (Å²) in [6.45, 7) is 1.43. The van der Waals surface area contributed by atoms with E-state index < -0.39 is 5.97 Å². The van der Waals surface area contributed by atoms with E-state index in [2.05, 4.69) is 9.88 Å². The molecule has 0 saturated carbocycles. The summed E-state index contributed by atoms with van der Waals surface area (Å²) < 4.78 is 12.9. The van der Waals surface area contributed by atoms with Gasteiger partial charge in [-0.1, -0.05) is 0 Å².